The summed E-state index contributed by atoms with van der Waals surface area (Å²) >= 11 is 1.27. The van der Waals surface area contributed by atoms with Crippen molar-refractivity contribution in [1.82, 2.24) is 9.99 Å². The normalized spacial score (nSPS) is 15.6. The van der Waals surface area contributed by atoms with Crippen LogP contribution in [-0.4, -0.2) is 27.4 Å². The SMILES string of the molecule is Cc1ccc(C2=NN(C(=O)CSc3nc(C)cc(C)c3C#N)C(c3ccco3)C2)cc1. The second-order valence-electron chi connectivity index (χ2n) is 7.55. The van der Waals surface area contributed by atoms with Crippen LogP contribution in [0.3, 0.4) is 0 Å². The topological polar surface area (TPSA) is 82.5 Å². The Morgan fingerprint density at radius 3 is 2.71 bits per heavy atom. The fourth-order valence-electron chi connectivity index (χ4n) is 3.60. The molecule has 0 radical (unpaired) electrons. The Kier molecular flexibility index (Phi) is 5.92. The van der Waals surface area contributed by atoms with Crippen molar-refractivity contribution in [3.8, 4) is 6.07 Å². The van der Waals surface area contributed by atoms with Crippen LogP contribution >= 0.6 is 11.8 Å². The van der Waals surface area contributed by atoms with Gasteiger partial charge in [0.1, 0.15) is 22.9 Å². The van der Waals surface area contributed by atoms with E-state index in [4.69, 9.17) is 4.42 Å². The van der Waals surface area contributed by atoms with Gasteiger partial charge in [0, 0.05) is 12.1 Å². The Hall–Kier alpha value is -3.37. The summed E-state index contributed by atoms with van der Waals surface area (Å²) in [6.45, 7) is 5.80. The first kappa shape index (κ1) is 20.9. The van der Waals surface area contributed by atoms with Gasteiger partial charge in [0.2, 0.25) is 0 Å². The lowest BCUT2D eigenvalue weighted by atomic mass is 10.0. The Labute approximate surface area is 185 Å². The fourth-order valence-corrected chi connectivity index (χ4v) is 4.55. The molecule has 1 atom stereocenters. The molecule has 4 rings (SSSR count). The number of thioether (sulfide) groups is 1. The van der Waals surface area contributed by atoms with Crippen molar-refractivity contribution < 1.29 is 9.21 Å². The van der Waals surface area contributed by atoms with E-state index in [1.807, 2.05) is 63.2 Å². The molecule has 156 valence electrons. The molecule has 7 heteroatoms. The molecule has 2 aromatic heterocycles. The summed E-state index contributed by atoms with van der Waals surface area (Å²) in [6.07, 6.45) is 2.19. The van der Waals surface area contributed by atoms with E-state index >= 15 is 0 Å². The number of furan rings is 1. The van der Waals surface area contributed by atoms with Gasteiger partial charge in [-0.05, 0) is 50.1 Å². The summed E-state index contributed by atoms with van der Waals surface area (Å²) < 4.78 is 5.60. The molecule has 31 heavy (non-hydrogen) atoms. The third kappa shape index (κ3) is 4.39. The number of hydrogen-bond acceptors (Lipinski definition) is 6. The van der Waals surface area contributed by atoms with Gasteiger partial charge in [-0.2, -0.15) is 10.4 Å². The van der Waals surface area contributed by atoms with Crippen LogP contribution in [0, 0.1) is 32.1 Å². The summed E-state index contributed by atoms with van der Waals surface area (Å²) in [4.78, 5) is 17.6. The zero-order chi connectivity index (χ0) is 22.0. The van der Waals surface area contributed by atoms with Crippen LogP contribution in [0.2, 0.25) is 0 Å². The van der Waals surface area contributed by atoms with Gasteiger partial charge in [0.15, 0.2) is 0 Å². The molecule has 0 N–H and O–H groups in total. The Bertz CT molecular complexity index is 1180. The molecule has 0 fully saturated rings. The highest BCUT2D eigenvalue weighted by Crippen LogP contribution is 2.34. The molecular formula is C24H22N4O2S. The molecule has 1 unspecified atom stereocenters. The molecule has 1 aromatic carbocycles. The van der Waals surface area contributed by atoms with E-state index in [-0.39, 0.29) is 17.7 Å². The summed E-state index contributed by atoms with van der Waals surface area (Å²) in [7, 11) is 0. The summed E-state index contributed by atoms with van der Waals surface area (Å²) in [5.41, 5.74) is 5.20. The van der Waals surface area contributed by atoms with Crippen molar-refractivity contribution in [2.24, 2.45) is 5.10 Å². The number of hydrazone groups is 1. The van der Waals surface area contributed by atoms with Gasteiger partial charge in [0.25, 0.3) is 5.91 Å². The number of carbonyl (C=O) groups excluding carboxylic acids is 1. The molecule has 3 heterocycles. The number of amides is 1. The minimum absolute atomic E-state index is 0.131. The van der Waals surface area contributed by atoms with Gasteiger partial charge >= 0.3 is 0 Å². The smallest absolute Gasteiger partial charge is 0.253 e. The lowest BCUT2D eigenvalue weighted by molar-refractivity contribution is -0.130. The zero-order valence-electron chi connectivity index (χ0n) is 17.6. The van der Waals surface area contributed by atoms with Crippen molar-refractivity contribution in [3.05, 3.63) is 82.4 Å². The molecule has 1 aliphatic rings. The second kappa shape index (κ2) is 8.78. The van der Waals surface area contributed by atoms with Gasteiger partial charge in [-0.15, -0.1) is 0 Å². The highest BCUT2D eigenvalue weighted by Gasteiger charge is 2.34. The minimum atomic E-state index is -0.290. The standard InChI is InChI=1S/C24H22N4O2S/c1-15-6-8-18(9-7-15)20-12-21(22-5-4-10-30-22)28(27-20)23(29)14-31-24-19(13-25)16(2)11-17(3)26-24/h4-11,21H,12,14H2,1-3H3. The molecule has 1 amide bonds. The first-order valence-corrected chi connectivity index (χ1v) is 11.0. The highest BCUT2D eigenvalue weighted by molar-refractivity contribution is 8.00. The molecule has 0 saturated heterocycles. The number of benzene rings is 1. The summed E-state index contributed by atoms with van der Waals surface area (Å²) in [5, 5.41) is 16.2. The minimum Gasteiger partial charge on any atom is -0.467 e. The maximum Gasteiger partial charge on any atom is 0.253 e. The van der Waals surface area contributed by atoms with E-state index in [1.165, 1.54) is 22.3 Å². The molecule has 0 aliphatic carbocycles. The van der Waals surface area contributed by atoms with Crippen LogP contribution in [0.5, 0.6) is 0 Å². The van der Waals surface area contributed by atoms with Gasteiger partial charge in [-0.1, -0.05) is 41.6 Å². The summed E-state index contributed by atoms with van der Waals surface area (Å²) in [6, 6.07) is 15.6. The van der Waals surface area contributed by atoms with Crippen LogP contribution in [-0.2, 0) is 4.79 Å². The number of carbonyl (C=O) groups is 1. The predicted octanol–water partition coefficient (Wildman–Crippen LogP) is 4.94. The van der Waals surface area contributed by atoms with E-state index in [9.17, 15) is 10.1 Å². The third-order valence-electron chi connectivity index (χ3n) is 5.18. The van der Waals surface area contributed by atoms with Crippen LogP contribution in [0.15, 0.2) is 63.3 Å². The molecular weight excluding hydrogens is 408 g/mol. The molecule has 0 bridgehead atoms. The van der Waals surface area contributed by atoms with Crippen molar-refractivity contribution >= 4 is 23.4 Å². The van der Waals surface area contributed by atoms with Crippen molar-refractivity contribution in [1.29, 1.82) is 5.26 Å². The van der Waals surface area contributed by atoms with Crippen molar-refractivity contribution in [3.63, 3.8) is 0 Å². The molecule has 6 nitrogen and oxygen atoms in total. The van der Waals surface area contributed by atoms with Gasteiger partial charge in [0.05, 0.1) is 23.3 Å². The number of hydrogen-bond donors (Lipinski definition) is 0. The zero-order valence-corrected chi connectivity index (χ0v) is 18.4. The Morgan fingerprint density at radius 1 is 1.26 bits per heavy atom. The van der Waals surface area contributed by atoms with Gasteiger partial charge in [-0.25, -0.2) is 9.99 Å². The van der Waals surface area contributed by atoms with E-state index in [0.717, 1.165) is 22.5 Å². The van der Waals surface area contributed by atoms with E-state index in [0.29, 0.717) is 22.8 Å². The molecule has 0 spiro atoms. The quantitative estimate of drug-likeness (QED) is 0.535. The van der Waals surface area contributed by atoms with E-state index in [1.54, 1.807) is 6.26 Å². The van der Waals surface area contributed by atoms with Crippen LogP contribution in [0.25, 0.3) is 0 Å². The lowest BCUT2D eigenvalue weighted by Crippen LogP contribution is -2.28. The van der Waals surface area contributed by atoms with Crippen LogP contribution in [0.4, 0.5) is 0 Å². The largest absolute Gasteiger partial charge is 0.467 e. The van der Waals surface area contributed by atoms with Crippen molar-refractivity contribution in [2.45, 2.75) is 38.3 Å². The van der Waals surface area contributed by atoms with Crippen LogP contribution in [0.1, 0.15) is 46.2 Å². The summed E-state index contributed by atoms with van der Waals surface area (Å²) in [5.74, 6) is 0.678. The highest BCUT2D eigenvalue weighted by atomic mass is 32.2. The average Bonchev–Trinajstić information content (AvgIpc) is 3.42. The first-order chi connectivity index (χ1) is 15.0. The van der Waals surface area contributed by atoms with Crippen molar-refractivity contribution in [2.75, 3.05) is 5.75 Å². The lowest BCUT2D eigenvalue weighted by Gasteiger charge is -2.19. The van der Waals surface area contributed by atoms with Gasteiger partial charge < -0.3 is 4.42 Å². The maximum absolute atomic E-state index is 13.2. The van der Waals surface area contributed by atoms with Crippen LogP contribution < -0.4 is 0 Å². The molecule has 1 aliphatic heterocycles. The number of rotatable bonds is 5. The third-order valence-corrected chi connectivity index (χ3v) is 6.14. The van der Waals surface area contributed by atoms with E-state index < -0.39 is 0 Å². The predicted molar refractivity (Wildman–Crippen MR) is 120 cm³/mol. The average molecular weight is 431 g/mol. The Morgan fingerprint density at radius 2 is 2.03 bits per heavy atom. The number of nitrogens with zero attached hydrogens (tertiary/aromatic N) is 4. The number of aryl methyl sites for hydroxylation is 3. The number of pyridine rings is 1. The number of nitriles is 1. The van der Waals surface area contributed by atoms with E-state index in [2.05, 4.69) is 16.2 Å². The van der Waals surface area contributed by atoms with Gasteiger partial charge in [-0.3, -0.25) is 4.79 Å². The number of aromatic nitrogens is 1. The molecule has 3 aromatic rings. The second-order valence-corrected chi connectivity index (χ2v) is 8.51. The fraction of sp³-hybridized carbons (Fsp3) is 0.250. The monoisotopic (exact) mass is 430 g/mol. The maximum atomic E-state index is 13.2. The molecule has 0 saturated carbocycles. The first-order valence-electron chi connectivity index (χ1n) is 9.97. The Balaban J connectivity index is 1.58.